The number of hydrogen-bond acceptors (Lipinski definition) is 3. The zero-order valence-electron chi connectivity index (χ0n) is 10.8. The summed E-state index contributed by atoms with van der Waals surface area (Å²) in [4.78, 5) is 19.4. The Hall–Kier alpha value is -1.16. The Morgan fingerprint density at radius 1 is 1.28 bits per heavy atom. The normalized spacial score (nSPS) is 10.3. The van der Waals surface area contributed by atoms with Crippen molar-refractivity contribution in [3.05, 3.63) is 17.4 Å². The second-order valence-electron chi connectivity index (χ2n) is 4.27. The third-order valence-electron chi connectivity index (χ3n) is 2.63. The number of halogens is 1. The van der Waals surface area contributed by atoms with Gasteiger partial charge in [0.15, 0.2) is 0 Å². The van der Waals surface area contributed by atoms with Gasteiger partial charge in [-0.3, -0.25) is 10.1 Å². The lowest BCUT2D eigenvalue weighted by Gasteiger charge is -2.03. The van der Waals surface area contributed by atoms with Crippen LogP contribution in [0, 0.1) is 0 Å². The molecule has 1 aromatic heterocycles. The van der Waals surface area contributed by atoms with E-state index < -0.39 is 0 Å². The third kappa shape index (κ3) is 6.55. The number of unbranched alkanes of at least 4 members (excludes halogenated alkanes) is 5. The van der Waals surface area contributed by atoms with E-state index in [1.165, 1.54) is 31.9 Å². The molecule has 1 N–H and O–H groups in total. The van der Waals surface area contributed by atoms with Crippen LogP contribution in [0.5, 0.6) is 0 Å². The number of nitrogens with one attached hydrogen (secondary N) is 1. The smallest absolute Gasteiger partial charge is 0.230 e. The molecule has 1 amide bonds. The maximum absolute atomic E-state index is 11.6. The van der Waals surface area contributed by atoms with Crippen LogP contribution >= 0.6 is 11.6 Å². The first-order chi connectivity index (χ1) is 8.72. The van der Waals surface area contributed by atoms with Crippen molar-refractivity contribution < 1.29 is 4.79 Å². The Labute approximate surface area is 113 Å². The van der Waals surface area contributed by atoms with E-state index >= 15 is 0 Å². The summed E-state index contributed by atoms with van der Waals surface area (Å²) in [5.74, 6) is 0.228. The SMILES string of the molecule is CCCCCCCCC(=O)Nc1nccc(Cl)n1. The van der Waals surface area contributed by atoms with Crippen LogP contribution in [-0.2, 0) is 4.79 Å². The highest BCUT2D eigenvalue weighted by Crippen LogP contribution is 2.09. The molecule has 0 fully saturated rings. The van der Waals surface area contributed by atoms with Crippen LogP contribution in [0.15, 0.2) is 12.3 Å². The van der Waals surface area contributed by atoms with Gasteiger partial charge in [0, 0.05) is 12.6 Å². The predicted octanol–water partition coefficient (Wildman–Crippen LogP) is 3.82. The number of hydrogen-bond donors (Lipinski definition) is 1. The van der Waals surface area contributed by atoms with E-state index in [1.807, 2.05) is 0 Å². The van der Waals surface area contributed by atoms with Crippen molar-refractivity contribution in [3.63, 3.8) is 0 Å². The van der Waals surface area contributed by atoms with E-state index in [4.69, 9.17) is 11.6 Å². The van der Waals surface area contributed by atoms with Crippen molar-refractivity contribution in [1.29, 1.82) is 0 Å². The third-order valence-corrected chi connectivity index (χ3v) is 2.84. The first-order valence-corrected chi connectivity index (χ1v) is 6.88. The molecule has 1 aromatic rings. The lowest BCUT2D eigenvalue weighted by molar-refractivity contribution is -0.116. The Kier molecular flexibility index (Phi) is 7.34. The standard InChI is InChI=1S/C13H20ClN3O/c1-2-3-4-5-6-7-8-12(18)17-13-15-10-9-11(14)16-13/h9-10H,2-8H2,1H3,(H,15,16,17,18). The van der Waals surface area contributed by atoms with E-state index in [0.717, 1.165) is 12.8 Å². The number of carbonyl (C=O) groups is 1. The van der Waals surface area contributed by atoms with E-state index in [0.29, 0.717) is 11.6 Å². The highest BCUT2D eigenvalue weighted by Gasteiger charge is 2.04. The molecule has 0 saturated carbocycles. The Bertz CT molecular complexity index is 371. The summed E-state index contributed by atoms with van der Waals surface area (Å²) in [6.07, 6.45) is 9.04. The van der Waals surface area contributed by atoms with Gasteiger partial charge >= 0.3 is 0 Å². The van der Waals surface area contributed by atoms with Gasteiger partial charge in [-0.2, -0.15) is 0 Å². The quantitative estimate of drug-likeness (QED) is 0.577. The molecule has 100 valence electrons. The number of nitrogens with zero attached hydrogens (tertiary/aromatic N) is 2. The van der Waals surface area contributed by atoms with Crippen molar-refractivity contribution in [1.82, 2.24) is 9.97 Å². The van der Waals surface area contributed by atoms with Gasteiger partial charge in [0.25, 0.3) is 0 Å². The van der Waals surface area contributed by atoms with Gasteiger partial charge in [-0.1, -0.05) is 50.6 Å². The molecule has 0 unspecified atom stereocenters. The maximum Gasteiger partial charge on any atom is 0.230 e. The van der Waals surface area contributed by atoms with Gasteiger partial charge in [-0.15, -0.1) is 0 Å². The fourth-order valence-corrected chi connectivity index (χ4v) is 1.79. The molecule has 0 saturated heterocycles. The molecule has 0 radical (unpaired) electrons. The van der Waals surface area contributed by atoms with Crippen molar-refractivity contribution in [3.8, 4) is 0 Å². The molecule has 0 bridgehead atoms. The number of aromatic nitrogens is 2. The molecule has 1 rings (SSSR count). The first-order valence-electron chi connectivity index (χ1n) is 6.50. The van der Waals surface area contributed by atoms with Crippen molar-refractivity contribution >= 4 is 23.5 Å². The second kappa shape index (κ2) is 8.86. The monoisotopic (exact) mass is 269 g/mol. The fourth-order valence-electron chi connectivity index (χ4n) is 1.65. The highest BCUT2D eigenvalue weighted by molar-refractivity contribution is 6.29. The molecule has 0 atom stereocenters. The van der Waals surface area contributed by atoms with E-state index in [2.05, 4.69) is 22.2 Å². The number of rotatable bonds is 8. The van der Waals surface area contributed by atoms with Crippen LogP contribution < -0.4 is 5.32 Å². The predicted molar refractivity (Wildman–Crippen MR) is 73.7 cm³/mol. The van der Waals surface area contributed by atoms with Gasteiger partial charge in [0.05, 0.1) is 0 Å². The molecule has 18 heavy (non-hydrogen) atoms. The summed E-state index contributed by atoms with van der Waals surface area (Å²) < 4.78 is 0. The molecule has 5 heteroatoms. The van der Waals surface area contributed by atoms with Gasteiger partial charge in [-0.05, 0) is 12.5 Å². The number of carbonyl (C=O) groups excluding carboxylic acids is 1. The van der Waals surface area contributed by atoms with Crippen LogP contribution in [-0.4, -0.2) is 15.9 Å². The van der Waals surface area contributed by atoms with Crippen molar-refractivity contribution in [2.75, 3.05) is 5.32 Å². The van der Waals surface area contributed by atoms with Gasteiger partial charge in [0.2, 0.25) is 11.9 Å². The molecular weight excluding hydrogens is 250 g/mol. The van der Waals surface area contributed by atoms with Gasteiger partial charge in [0.1, 0.15) is 5.15 Å². The summed E-state index contributed by atoms with van der Waals surface area (Å²) in [7, 11) is 0. The fraction of sp³-hybridized carbons (Fsp3) is 0.615. The summed E-state index contributed by atoms with van der Waals surface area (Å²) in [6, 6.07) is 1.57. The lowest BCUT2D eigenvalue weighted by Crippen LogP contribution is -2.13. The molecule has 0 aromatic carbocycles. The van der Waals surface area contributed by atoms with Crippen LogP contribution in [0.25, 0.3) is 0 Å². The number of anilines is 1. The van der Waals surface area contributed by atoms with E-state index in [-0.39, 0.29) is 11.9 Å². The van der Waals surface area contributed by atoms with Crippen LogP contribution in [0.1, 0.15) is 51.9 Å². The summed E-state index contributed by atoms with van der Waals surface area (Å²) >= 11 is 5.70. The molecule has 0 aliphatic carbocycles. The van der Waals surface area contributed by atoms with Gasteiger partial charge < -0.3 is 0 Å². The van der Waals surface area contributed by atoms with E-state index in [1.54, 1.807) is 6.07 Å². The lowest BCUT2D eigenvalue weighted by atomic mass is 10.1. The Morgan fingerprint density at radius 2 is 2.00 bits per heavy atom. The first kappa shape index (κ1) is 14.9. The Balaban J connectivity index is 2.14. The summed E-state index contributed by atoms with van der Waals surface area (Å²) in [5.41, 5.74) is 0. The van der Waals surface area contributed by atoms with E-state index in [9.17, 15) is 4.79 Å². The molecule has 0 aliphatic heterocycles. The molecule has 4 nitrogen and oxygen atoms in total. The molecule has 0 aliphatic rings. The minimum absolute atomic E-state index is 0.0484. The van der Waals surface area contributed by atoms with Crippen LogP contribution in [0.4, 0.5) is 5.95 Å². The molecule has 1 heterocycles. The van der Waals surface area contributed by atoms with Crippen molar-refractivity contribution in [2.45, 2.75) is 51.9 Å². The maximum atomic E-state index is 11.6. The summed E-state index contributed by atoms with van der Waals surface area (Å²) in [6.45, 7) is 2.19. The largest absolute Gasteiger partial charge is 0.294 e. The minimum atomic E-state index is -0.0484. The number of amides is 1. The van der Waals surface area contributed by atoms with Crippen LogP contribution in [0.3, 0.4) is 0 Å². The highest BCUT2D eigenvalue weighted by atomic mass is 35.5. The van der Waals surface area contributed by atoms with Gasteiger partial charge in [-0.25, -0.2) is 9.97 Å². The average Bonchev–Trinajstić information content (AvgIpc) is 2.33. The molecular formula is C13H20ClN3O. The average molecular weight is 270 g/mol. The molecule has 0 spiro atoms. The van der Waals surface area contributed by atoms with Crippen LogP contribution in [0.2, 0.25) is 5.15 Å². The minimum Gasteiger partial charge on any atom is -0.294 e. The Morgan fingerprint density at radius 3 is 2.72 bits per heavy atom. The summed E-state index contributed by atoms with van der Waals surface area (Å²) in [5, 5.41) is 2.97. The zero-order chi connectivity index (χ0) is 13.2. The second-order valence-corrected chi connectivity index (χ2v) is 4.66. The zero-order valence-corrected chi connectivity index (χ0v) is 11.5. The van der Waals surface area contributed by atoms with Crippen molar-refractivity contribution in [2.24, 2.45) is 0 Å². The topological polar surface area (TPSA) is 54.9 Å².